The molecule has 0 unspecified atom stereocenters. The number of benzene rings is 3. The fourth-order valence-electron chi connectivity index (χ4n) is 3.25. The molecule has 4 rings (SSSR count). The maximum atomic E-state index is 11.1. The summed E-state index contributed by atoms with van der Waals surface area (Å²) in [6, 6.07) is 18.3. The average molecular weight is 379 g/mol. The van der Waals surface area contributed by atoms with Crippen molar-refractivity contribution in [2.75, 3.05) is 0 Å². The van der Waals surface area contributed by atoms with E-state index in [2.05, 4.69) is 35.3 Å². The van der Waals surface area contributed by atoms with Crippen molar-refractivity contribution in [2.24, 2.45) is 5.73 Å². The van der Waals surface area contributed by atoms with E-state index in [-0.39, 0.29) is 5.91 Å². The van der Waals surface area contributed by atoms with E-state index in [0.717, 1.165) is 22.0 Å². The van der Waals surface area contributed by atoms with Crippen molar-refractivity contribution in [1.29, 1.82) is 0 Å². The Hall–Kier alpha value is -2.98. The minimum atomic E-state index is -0.314. The van der Waals surface area contributed by atoms with Gasteiger partial charge in [0.05, 0.1) is 5.02 Å². The summed E-state index contributed by atoms with van der Waals surface area (Å²) in [5.41, 5.74) is 8.28. The topological polar surface area (TPSA) is 68.1 Å². The number of nitrogens with two attached hydrogens (primary N) is 1. The van der Waals surface area contributed by atoms with Gasteiger partial charge in [-0.05, 0) is 46.5 Å². The molecule has 4 nitrogen and oxygen atoms in total. The summed E-state index contributed by atoms with van der Waals surface area (Å²) >= 11 is 6.38. The monoisotopic (exact) mass is 378 g/mol. The molecule has 0 fully saturated rings. The molecule has 0 saturated heterocycles. The number of hydrogen-bond donors (Lipinski definition) is 2. The van der Waals surface area contributed by atoms with E-state index < -0.39 is 0 Å². The van der Waals surface area contributed by atoms with Crippen LogP contribution in [0.15, 0.2) is 60.8 Å². The van der Waals surface area contributed by atoms with E-state index >= 15 is 0 Å². The first-order valence-electron chi connectivity index (χ1n) is 8.78. The SMILES string of the molecule is NC(=O)CCc1c[nH]c2cc(Cl)c(OCc3ccc4ccccc4c3)cc12. The summed E-state index contributed by atoms with van der Waals surface area (Å²) in [6.07, 6.45) is 2.78. The first kappa shape index (κ1) is 17.4. The Kier molecular flexibility index (Phi) is 4.73. The predicted octanol–water partition coefficient (Wildman–Crippen LogP) is 4.97. The second kappa shape index (κ2) is 7.33. The second-order valence-corrected chi connectivity index (χ2v) is 6.99. The molecule has 3 aromatic carbocycles. The van der Waals surface area contributed by atoms with E-state index in [1.165, 1.54) is 10.8 Å². The lowest BCUT2D eigenvalue weighted by molar-refractivity contribution is -0.117. The van der Waals surface area contributed by atoms with Gasteiger partial charge in [0.25, 0.3) is 0 Å². The van der Waals surface area contributed by atoms with Crippen molar-refractivity contribution >= 4 is 39.2 Å². The first-order valence-corrected chi connectivity index (χ1v) is 9.16. The van der Waals surface area contributed by atoms with Gasteiger partial charge in [0.1, 0.15) is 12.4 Å². The third-order valence-electron chi connectivity index (χ3n) is 4.67. The number of fused-ring (bicyclic) bond motifs is 2. The zero-order valence-corrected chi connectivity index (χ0v) is 15.4. The van der Waals surface area contributed by atoms with Crippen LogP contribution >= 0.6 is 11.6 Å². The van der Waals surface area contributed by atoms with Crippen molar-refractivity contribution in [3.63, 3.8) is 0 Å². The molecule has 5 heteroatoms. The number of primary amides is 1. The van der Waals surface area contributed by atoms with Crippen LogP contribution in [0.1, 0.15) is 17.5 Å². The molecule has 0 aliphatic heterocycles. The summed E-state index contributed by atoms with van der Waals surface area (Å²) in [5, 5.41) is 3.92. The maximum absolute atomic E-state index is 11.1. The molecule has 0 spiro atoms. The van der Waals surface area contributed by atoms with Gasteiger partial charge in [-0.2, -0.15) is 0 Å². The van der Waals surface area contributed by atoms with E-state index in [9.17, 15) is 4.79 Å². The molecule has 1 aromatic heterocycles. The Morgan fingerprint density at radius 1 is 1.07 bits per heavy atom. The zero-order valence-electron chi connectivity index (χ0n) is 14.7. The number of H-pyrrole nitrogens is 1. The number of carbonyl (C=O) groups is 1. The Morgan fingerprint density at radius 2 is 1.89 bits per heavy atom. The van der Waals surface area contributed by atoms with E-state index in [0.29, 0.717) is 30.2 Å². The molecular formula is C22H19ClN2O2. The summed E-state index contributed by atoms with van der Waals surface area (Å²) in [5.74, 6) is 0.309. The molecule has 1 amide bonds. The molecule has 0 atom stereocenters. The van der Waals surface area contributed by atoms with Crippen LogP contribution in [0.25, 0.3) is 21.7 Å². The smallest absolute Gasteiger partial charge is 0.217 e. The third-order valence-corrected chi connectivity index (χ3v) is 4.96. The lowest BCUT2D eigenvalue weighted by Crippen LogP contribution is -2.10. The number of hydrogen-bond acceptors (Lipinski definition) is 2. The average Bonchev–Trinajstić information content (AvgIpc) is 3.06. The van der Waals surface area contributed by atoms with Gasteiger partial charge in [-0.3, -0.25) is 4.79 Å². The van der Waals surface area contributed by atoms with Crippen LogP contribution in [0, 0.1) is 0 Å². The highest BCUT2D eigenvalue weighted by Gasteiger charge is 2.11. The number of aromatic amines is 1. The van der Waals surface area contributed by atoms with Gasteiger partial charge in [0.2, 0.25) is 5.91 Å². The van der Waals surface area contributed by atoms with Crippen molar-refractivity contribution in [1.82, 2.24) is 4.98 Å². The predicted molar refractivity (Wildman–Crippen MR) is 109 cm³/mol. The molecule has 27 heavy (non-hydrogen) atoms. The van der Waals surface area contributed by atoms with E-state index in [1.807, 2.05) is 30.5 Å². The highest BCUT2D eigenvalue weighted by molar-refractivity contribution is 6.32. The quantitative estimate of drug-likeness (QED) is 0.497. The summed E-state index contributed by atoms with van der Waals surface area (Å²) in [7, 11) is 0. The highest BCUT2D eigenvalue weighted by atomic mass is 35.5. The molecule has 0 bridgehead atoms. The van der Waals surface area contributed by atoms with Crippen LogP contribution in [0.5, 0.6) is 5.75 Å². The molecule has 0 aliphatic rings. The first-order chi connectivity index (χ1) is 13.1. The zero-order chi connectivity index (χ0) is 18.8. The van der Waals surface area contributed by atoms with Crippen LogP contribution in [-0.4, -0.2) is 10.9 Å². The Labute approximate surface area is 161 Å². The van der Waals surface area contributed by atoms with Crippen molar-refractivity contribution in [2.45, 2.75) is 19.4 Å². The fraction of sp³-hybridized carbons (Fsp3) is 0.136. The third kappa shape index (κ3) is 3.76. The van der Waals surface area contributed by atoms with Gasteiger partial charge < -0.3 is 15.5 Å². The number of halogens is 1. The molecule has 4 aromatic rings. The van der Waals surface area contributed by atoms with Crippen LogP contribution in [0.4, 0.5) is 0 Å². The maximum Gasteiger partial charge on any atom is 0.217 e. The van der Waals surface area contributed by atoms with Gasteiger partial charge in [0.15, 0.2) is 0 Å². The van der Waals surface area contributed by atoms with Crippen LogP contribution in [0.2, 0.25) is 5.02 Å². The number of nitrogens with one attached hydrogen (secondary N) is 1. The van der Waals surface area contributed by atoms with Gasteiger partial charge >= 0.3 is 0 Å². The summed E-state index contributed by atoms with van der Waals surface area (Å²) in [4.78, 5) is 14.3. The Morgan fingerprint density at radius 3 is 2.70 bits per heavy atom. The second-order valence-electron chi connectivity index (χ2n) is 6.58. The minimum absolute atomic E-state index is 0.308. The van der Waals surface area contributed by atoms with E-state index in [1.54, 1.807) is 0 Å². The van der Waals surface area contributed by atoms with Gasteiger partial charge in [-0.15, -0.1) is 0 Å². The van der Waals surface area contributed by atoms with Gasteiger partial charge in [0, 0.05) is 23.5 Å². The normalized spacial score (nSPS) is 11.1. The molecule has 136 valence electrons. The van der Waals surface area contributed by atoms with Crippen LogP contribution < -0.4 is 10.5 Å². The number of rotatable bonds is 6. The number of carbonyl (C=O) groups excluding carboxylic acids is 1. The fourth-order valence-corrected chi connectivity index (χ4v) is 3.46. The number of ether oxygens (including phenoxy) is 1. The number of amides is 1. The van der Waals surface area contributed by atoms with Crippen molar-refractivity contribution in [3.8, 4) is 5.75 Å². The number of aryl methyl sites for hydroxylation is 1. The molecule has 0 saturated carbocycles. The summed E-state index contributed by atoms with van der Waals surface area (Å²) in [6.45, 7) is 0.428. The molecule has 1 heterocycles. The van der Waals surface area contributed by atoms with Crippen molar-refractivity contribution in [3.05, 3.63) is 76.9 Å². The standard InChI is InChI=1S/C22H19ClN2O2/c23-19-11-20-18(17(12-25-20)7-8-22(24)26)10-21(19)27-13-14-5-6-15-3-1-2-4-16(15)9-14/h1-6,9-12,25H,7-8,13H2,(H2,24,26). The van der Waals surface area contributed by atoms with E-state index in [4.69, 9.17) is 22.1 Å². The molecule has 3 N–H and O–H groups in total. The molecular weight excluding hydrogens is 360 g/mol. The lowest BCUT2D eigenvalue weighted by atomic mass is 10.1. The largest absolute Gasteiger partial charge is 0.487 e. The van der Waals surface area contributed by atoms with Crippen LogP contribution in [-0.2, 0) is 17.8 Å². The van der Waals surface area contributed by atoms with Gasteiger partial charge in [-0.1, -0.05) is 48.0 Å². The molecule has 0 aliphatic carbocycles. The Bertz CT molecular complexity index is 1130. The van der Waals surface area contributed by atoms with Crippen molar-refractivity contribution < 1.29 is 9.53 Å². The molecule has 0 radical (unpaired) electrons. The highest BCUT2D eigenvalue weighted by Crippen LogP contribution is 2.32. The Balaban J connectivity index is 1.57. The summed E-state index contributed by atoms with van der Waals surface area (Å²) < 4.78 is 5.99. The van der Waals surface area contributed by atoms with Gasteiger partial charge in [-0.25, -0.2) is 0 Å². The number of aromatic nitrogens is 1. The minimum Gasteiger partial charge on any atom is -0.487 e. The lowest BCUT2D eigenvalue weighted by Gasteiger charge is -2.10. The van der Waals surface area contributed by atoms with Crippen LogP contribution in [0.3, 0.4) is 0 Å².